The van der Waals surface area contributed by atoms with Gasteiger partial charge in [-0.2, -0.15) is 0 Å². The van der Waals surface area contributed by atoms with Crippen molar-refractivity contribution in [1.82, 2.24) is 0 Å². The van der Waals surface area contributed by atoms with Gasteiger partial charge in [0.25, 0.3) is 0 Å². The van der Waals surface area contributed by atoms with E-state index in [0.29, 0.717) is 20.1 Å². The van der Waals surface area contributed by atoms with Crippen LogP contribution in [0.2, 0.25) is 20.1 Å². The van der Waals surface area contributed by atoms with Gasteiger partial charge < -0.3 is 0 Å². The number of carbonyl (C=O) groups is 3. The number of aliphatic imine (C=N–C) groups is 4. The summed E-state index contributed by atoms with van der Waals surface area (Å²) in [6.45, 7) is 54.4. The van der Waals surface area contributed by atoms with Gasteiger partial charge in [0.1, 0.15) is 0 Å². The molecule has 0 aromatic heterocycles. The number of hydrogen-bond acceptors (Lipinski definition) is 7. The van der Waals surface area contributed by atoms with Crippen LogP contribution in [-0.2, 0) is 31.6 Å². The number of halogens is 4. The number of nitrogens with zero attached hydrogens (tertiary/aromatic N) is 4. The van der Waals surface area contributed by atoms with Gasteiger partial charge in [-0.25, -0.2) is 0 Å². The van der Waals surface area contributed by atoms with Crippen LogP contribution in [-0.4, -0.2) is 40.2 Å². The number of Topliss-reactive ketones (excluding diaryl/α,β-unsaturated/α-hetero) is 3. The van der Waals surface area contributed by atoms with Crippen molar-refractivity contribution in [3.63, 3.8) is 0 Å². The van der Waals surface area contributed by atoms with Crippen molar-refractivity contribution in [1.29, 1.82) is 0 Å². The minimum absolute atomic E-state index is 0.0247. The predicted octanol–water partition coefficient (Wildman–Crippen LogP) is 25.1. The van der Waals surface area contributed by atoms with Gasteiger partial charge in [0.15, 0.2) is 17.3 Å². The Morgan fingerprint density at radius 1 is 0.396 bits per heavy atom. The van der Waals surface area contributed by atoms with Gasteiger partial charge in [0.05, 0.1) is 15.8 Å². The molecule has 0 unspecified atom stereocenters. The average molecular weight is 1500 g/mol. The molecule has 0 saturated heterocycles. The first kappa shape index (κ1) is 86.5. The molecule has 106 heavy (non-hydrogen) atoms. The minimum atomic E-state index is -0.237. The molecule has 0 saturated carbocycles. The molecule has 9 rings (SSSR count). The summed E-state index contributed by atoms with van der Waals surface area (Å²) in [5.74, 6) is 0.354. The molecule has 0 heterocycles. The van der Waals surface area contributed by atoms with E-state index in [0.717, 1.165) is 119 Å². The Morgan fingerprint density at radius 2 is 0.774 bits per heavy atom. The molecule has 0 atom stereocenters. The molecule has 3 aliphatic rings. The summed E-state index contributed by atoms with van der Waals surface area (Å²) in [6.07, 6.45) is 20.6. The fraction of sp³-hybridized carbons (Fsp3) is 0.337. The highest BCUT2D eigenvalue weighted by Crippen LogP contribution is 2.41. The van der Waals surface area contributed by atoms with Crippen LogP contribution < -0.4 is 10.4 Å². The quantitative estimate of drug-likeness (QED) is 0.121. The largest absolute Gasteiger partial charge is 0.289 e. The summed E-state index contributed by atoms with van der Waals surface area (Å²) >= 11 is 24.4. The van der Waals surface area contributed by atoms with Crippen molar-refractivity contribution in [3.8, 4) is 0 Å². The monoisotopic (exact) mass is 1490 g/mol. The van der Waals surface area contributed by atoms with E-state index < -0.39 is 0 Å². The molecular formula is C95H110Cl4N4O3. The highest BCUT2D eigenvalue weighted by atomic mass is 35.5. The maximum absolute atomic E-state index is 13.0. The van der Waals surface area contributed by atoms with Crippen LogP contribution in [0.3, 0.4) is 0 Å². The lowest BCUT2D eigenvalue weighted by Gasteiger charge is -2.31. The lowest BCUT2D eigenvalue weighted by atomic mass is 9.72. The Hall–Kier alpha value is -8.43. The topological polar surface area (TPSA) is 101 Å². The molecule has 0 N–H and O–H groups in total. The van der Waals surface area contributed by atoms with Gasteiger partial charge in [0.2, 0.25) is 0 Å². The Balaban J connectivity index is 0.000000223. The third kappa shape index (κ3) is 24.8. The summed E-state index contributed by atoms with van der Waals surface area (Å²) < 4.78 is 0. The number of aryl methyl sites for hydroxylation is 1. The molecular weight excluding hydrogens is 1390 g/mol. The van der Waals surface area contributed by atoms with Gasteiger partial charge >= 0.3 is 0 Å². The van der Waals surface area contributed by atoms with Crippen LogP contribution in [0.25, 0.3) is 12.8 Å². The number of ketones is 3. The summed E-state index contributed by atoms with van der Waals surface area (Å²) in [6, 6.07) is 44.6. The van der Waals surface area contributed by atoms with Crippen molar-refractivity contribution in [2.75, 3.05) is 0 Å². The second kappa shape index (κ2) is 36.4. The molecule has 0 fully saturated rings. The predicted molar refractivity (Wildman–Crippen MR) is 458 cm³/mol. The number of allylic oxidation sites excluding steroid dienone is 15. The highest BCUT2D eigenvalue weighted by Gasteiger charge is 2.36. The summed E-state index contributed by atoms with van der Waals surface area (Å²) in [5, 5.41) is 4.63. The van der Waals surface area contributed by atoms with Crippen LogP contribution in [0.15, 0.2) is 259 Å². The van der Waals surface area contributed by atoms with Crippen molar-refractivity contribution in [2.24, 2.45) is 41.6 Å². The van der Waals surface area contributed by atoms with Gasteiger partial charge in [-0.15, -0.1) is 0 Å². The first-order valence-electron chi connectivity index (χ1n) is 36.3. The minimum Gasteiger partial charge on any atom is -0.289 e. The molecule has 0 spiro atoms. The van der Waals surface area contributed by atoms with Crippen LogP contribution >= 0.6 is 46.4 Å². The van der Waals surface area contributed by atoms with E-state index in [4.69, 9.17) is 51.4 Å². The van der Waals surface area contributed by atoms with Crippen molar-refractivity contribution in [3.05, 3.63) is 314 Å². The number of hydrogen-bond donors (Lipinski definition) is 0. The summed E-state index contributed by atoms with van der Waals surface area (Å²) in [7, 11) is 0. The first-order chi connectivity index (χ1) is 49.2. The van der Waals surface area contributed by atoms with E-state index in [9.17, 15) is 14.4 Å². The molecule has 6 aromatic carbocycles. The van der Waals surface area contributed by atoms with Crippen LogP contribution in [0.4, 0.5) is 0 Å². The van der Waals surface area contributed by atoms with Crippen LogP contribution in [0.1, 0.15) is 210 Å². The Labute approximate surface area is 654 Å². The number of rotatable bonds is 11. The number of benzene rings is 6. The lowest BCUT2D eigenvalue weighted by Crippen LogP contribution is -2.33. The molecule has 0 bridgehead atoms. The molecule has 6 aromatic rings. The molecule has 7 nitrogen and oxygen atoms in total. The Bertz CT molecular complexity index is 4680. The second-order valence-corrected chi connectivity index (χ2v) is 35.2. The zero-order valence-electron chi connectivity index (χ0n) is 67.1. The maximum atomic E-state index is 13.0. The fourth-order valence-electron chi connectivity index (χ4n) is 11.9. The number of carbonyl (C=O) groups excluding carboxylic acids is 3. The SMILES string of the molecule is C=c1c(C(C)(C)C)cc(=CN=C(Cc2ccccc2)c2ccccc2)cc1C(C)(C)C.CC(=NC=C1C=C(C(C)(C)C)C(=O)C(C(C)(C)C)=C1)c1ccc(C)cc1.CC(=NC=C1C=C(C(C)(C)C)C(=O)C(C(C)(C)C)=C1)c1ccc(Cl)cc1Cl.CCC(=NC=C1C=C(C)C(=O)C(C)=C1)c1ccc(Cl)cc1Cl. The normalized spacial score (nSPS) is 15.1. The highest BCUT2D eigenvalue weighted by molar-refractivity contribution is 6.37. The molecule has 0 aliphatic heterocycles. The molecule has 3 aliphatic carbocycles. The molecule has 556 valence electrons. The van der Waals surface area contributed by atoms with Crippen molar-refractivity contribution < 1.29 is 14.4 Å². The van der Waals surface area contributed by atoms with E-state index in [1.807, 2.05) is 102 Å². The molecule has 11 heteroatoms. The van der Waals surface area contributed by atoms with E-state index in [2.05, 4.69) is 244 Å². The third-order valence-electron chi connectivity index (χ3n) is 18.1. The van der Waals surface area contributed by atoms with Crippen molar-refractivity contribution in [2.45, 2.75) is 190 Å². The van der Waals surface area contributed by atoms with Gasteiger partial charge in [-0.3, -0.25) is 34.4 Å². The second-order valence-electron chi connectivity index (χ2n) is 33.6. The maximum Gasteiger partial charge on any atom is 0.186 e. The van der Waals surface area contributed by atoms with Gasteiger partial charge in [-0.05, 0) is 213 Å². The third-order valence-corrected chi connectivity index (χ3v) is 19.2. The van der Waals surface area contributed by atoms with E-state index in [1.54, 1.807) is 36.7 Å². The van der Waals surface area contributed by atoms with Crippen LogP contribution in [0.5, 0.6) is 0 Å². The summed E-state index contributed by atoms with van der Waals surface area (Å²) in [5.41, 5.74) is 19.5. The smallest absolute Gasteiger partial charge is 0.186 e. The van der Waals surface area contributed by atoms with Gasteiger partial charge in [0, 0.05) is 91.8 Å². The van der Waals surface area contributed by atoms with Gasteiger partial charge in [-0.1, -0.05) is 287 Å². The van der Waals surface area contributed by atoms with Crippen molar-refractivity contribution >= 4 is 99.4 Å². The fourth-order valence-corrected chi connectivity index (χ4v) is 13.0. The Morgan fingerprint density at radius 3 is 1.17 bits per heavy atom. The van der Waals surface area contributed by atoms with E-state index in [1.165, 1.54) is 22.3 Å². The average Bonchev–Trinajstić information content (AvgIpc) is 0.791. The summed E-state index contributed by atoms with van der Waals surface area (Å²) in [4.78, 5) is 56.5. The molecule has 0 radical (unpaired) electrons. The zero-order valence-corrected chi connectivity index (χ0v) is 70.1. The van der Waals surface area contributed by atoms with Crippen LogP contribution in [0, 0.1) is 28.6 Å². The zero-order chi connectivity index (χ0) is 79.2. The van der Waals surface area contributed by atoms with E-state index >= 15 is 0 Å². The Kier molecular flexibility index (Phi) is 29.7. The first-order valence-corrected chi connectivity index (χ1v) is 37.8. The lowest BCUT2D eigenvalue weighted by molar-refractivity contribution is -0.114. The molecule has 0 amide bonds. The van der Waals surface area contributed by atoms with E-state index in [-0.39, 0.29) is 49.8 Å². The standard InChI is InChI=1S/C30H35N.C24H31NO.C23H27Cl2NO.C18H17Cl2NO/c1-22-26(29(2,3)4)18-24(19-27(22)30(5,6)7)21-31-28(25-16-12-9-13-17-25)20-23-14-10-8-11-15-23;1-16-9-11-19(12-10-16)17(2)25-15-18-13-20(23(3,4)5)22(26)21(14-18)24(6,7)8;1-14(17-9-8-16(24)12-20(17)25)26-13-15-10-18(22(2,3)4)21(27)19(11-15)23(5,6)7;1-4-17(15-6-5-14(19)9-16(15)20)21-10-13-7-11(2)18(22)12(3)8-13/h8-19,21H,1,20H2,2-7H3;9-15H,1-8H3;8-13H,1-7H3;5-10H,4H2,1-3H3.